The Hall–Kier alpha value is -2.57. The molecule has 0 unspecified atom stereocenters. The van der Waals surface area contributed by atoms with Crippen LogP contribution in [0.3, 0.4) is 0 Å². The Balaban J connectivity index is 2.50. The molecule has 0 saturated carbocycles. The Morgan fingerprint density at radius 1 is 1.30 bits per heavy atom. The summed E-state index contributed by atoms with van der Waals surface area (Å²) < 4.78 is 16.6. The highest BCUT2D eigenvalue weighted by atomic mass is 19.1. The van der Waals surface area contributed by atoms with E-state index in [1.807, 2.05) is 16.8 Å². The Labute approximate surface area is 132 Å². The molecule has 1 N–H and O–H groups in total. The fourth-order valence-electron chi connectivity index (χ4n) is 3.08. The molecular weight excluding hydrogens is 301 g/mol. The lowest BCUT2D eigenvalue weighted by molar-refractivity contribution is 0.0695. The van der Waals surface area contributed by atoms with Gasteiger partial charge in [0.15, 0.2) is 5.82 Å². The number of carbonyl (C=O) groups is 1. The number of pyridine rings is 1. The van der Waals surface area contributed by atoms with E-state index in [2.05, 4.69) is 0 Å². The summed E-state index contributed by atoms with van der Waals surface area (Å²) in [6, 6.07) is 1.60. The number of rotatable bonds is 2. The number of fused-ring (bicyclic) bond motifs is 2. The van der Waals surface area contributed by atoms with Crippen LogP contribution in [0.5, 0.6) is 0 Å². The van der Waals surface area contributed by atoms with Gasteiger partial charge in [-0.2, -0.15) is 0 Å². The zero-order valence-corrected chi connectivity index (χ0v) is 13.3. The van der Waals surface area contributed by atoms with Gasteiger partial charge in [0.1, 0.15) is 5.56 Å². The molecular formula is C16H18FN3O3. The Bertz CT molecular complexity index is 875. The van der Waals surface area contributed by atoms with Crippen molar-refractivity contribution in [2.45, 2.75) is 13.5 Å². The molecule has 0 saturated heterocycles. The van der Waals surface area contributed by atoms with E-state index in [4.69, 9.17) is 0 Å². The molecule has 0 radical (unpaired) electrons. The number of anilines is 2. The second-order valence-electron chi connectivity index (χ2n) is 5.76. The van der Waals surface area contributed by atoms with Gasteiger partial charge in [0, 0.05) is 39.9 Å². The lowest BCUT2D eigenvalue weighted by Crippen LogP contribution is -2.38. The van der Waals surface area contributed by atoms with Gasteiger partial charge in [0.2, 0.25) is 5.43 Å². The normalized spacial score (nSPS) is 14.3. The Morgan fingerprint density at radius 3 is 2.57 bits per heavy atom. The summed E-state index contributed by atoms with van der Waals surface area (Å²) in [4.78, 5) is 27.5. The highest BCUT2D eigenvalue weighted by Gasteiger charge is 2.27. The van der Waals surface area contributed by atoms with Gasteiger partial charge >= 0.3 is 5.97 Å². The van der Waals surface area contributed by atoms with Gasteiger partial charge in [0.25, 0.3) is 0 Å². The highest BCUT2D eigenvalue weighted by Crippen LogP contribution is 2.38. The Kier molecular flexibility index (Phi) is 3.50. The quantitative estimate of drug-likeness (QED) is 0.913. The first-order chi connectivity index (χ1) is 10.9. The molecule has 2 aromatic rings. The average molecular weight is 319 g/mol. The molecule has 0 spiro atoms. The van der Waals surface area contributed by atoms with Crippen LogP contribution in [0.1, 0.15) is 17.3 Å². The van der Waals surface area contributed by atoms with Crippen LogP contribution in [0.4, 0.5) is 15.8 Å². The minimum absolute atomic E-state index is 0.102. The minimum atomic E-state index is -1.30. The van der Waals surface area contributed by atoms with Gasteiger partial charge in [-0.05, 0) is 13.0 Å². The molecule has 2 heterocycles. The number of hydrogen-bond donors (Lipinski definition) is 1. The zero-order valence-electron chi connectivity index (χ0n) is 13.3. The summed E-state index contributed by atoms with van der Waals surface area (Å²) >= 11 is 0. The summed E-state index contributed by atoms with van der Waals surface area (Å²) in [5.41, 5.74) is 0.205. The number of halogens is 1. The monoisotopic (exact) mass is 319 g/mol. The highest BCUT2D eigenvalue weighted by molar-refractivity contribution is 5.97. The molecule has 3 rings (SSSR count). The molecule has 23 heavy (non-hydrogen) atoms. The van der Waals surface area contributed by atoms with E-state index in [9.17, 15) is 14.7 Å². The molecule has 0 fully saturated rings. The molecule has 6 nitrogen and oxygen atoms in total. The molecule has 1 aliphatic rings. The van der Waals surface area contributed by atoms with Crippen molar-refractivity contribution in [2.24, 2.45) is 0 Å². The number of carboxylic acid groups (broad SMARTS) is 1. The van der Waals surface area contributed by atoms with Crippen molar-refractivity contribution in [2.75, 3.05) is 37.0 Å². The van der Waals surface area contributed by atoms with Gasteiger partial charge < -0.3 is 19.5 Å². The third-order valence-corrected chi connectivity index (χ3v) is 4.39. The summed E-state index contributed by atoms with van der Waals surface area (Å²) in [6.07, 6.45) is 1.22. The molecule has 0 aliphatic carbocycles. The maximum Gasteiger partial charge on any atom is 0.341 e. The first-order valence-corrected chi connectivity index (χ1v) is 7.42. The molecule has 0 atom stereocenters. The van der Waals surface area contributed by atoms with Crippen molar-refractivity contribution >= 4 is 28.2 Å². The number of hydrogen-bond acceptors (Lipinski definition) is 4. The van der Waals surface area contributed by atoms with E-state index in [0.717, 1.165) is 0 Å². The third-order valence-electron chi connectivity index (χ3n) is 4.39. The fourth-order valence-corrected chi connectivity index (χ4v) is 3.08. The predicted molar refractivity (Wildman–Crippen MR) is 87.3 cm³/mol. The number of aromatic carboxylic acids is 1. The topological polar surface area (TPSA) is 65.8 Å². The predicted octanol–water partition coefficient (Wildman–Crippen LogP) is 1.74. The number of likely N-dealkylation sites (N-methyl/N-ethyl adjacent to an activating group) is 2. The van der Waals surface area contributed by atoms with E-state index in [-0.39, 0.29) is 16.5 Å². The summed E-state index contributed by atoms with van der Waals surface area (Å²) in [6.45, 7) is 3.53. The lowest BCUT2D eigenvalue weighted by Gasteiger charge is -2.35. The van der Waals surface area contributed by atoms with Gasteiger partial charge in [-0.15, -0.1) is 0 Å². The van der Waals surface area contributed by atoms with Crippen LogP contribution in [0, 0.1) is 5.82 Å². The van der Waals surface area contributed by atoms with Crippen LogP contribution in [0.15, 0.2) is 17.1 Å². The van der Waals surface area contributed by atoms with Crippen molar-refractivity contribution in [1.82, 2.24) is 4.57 Å². The van der Waals surface area contributed by atoms with E-state index in [1.165, 1.54) is 10.8 Å². The van der Waals surface area contributed by atoms with Crippen LogP contribution < -0.4 is 15.2 Å². The van der Waals surface area contributed by atoms with Gasteiger partial charge in [-0.25, -0.2) is 9.18 Å². The minimum Gasteiger partial charge on any atom is -0.477 e. The molecule has 1 aromatic carbocycles. The smallest absolute Gasteiger partial charge is 0.341 e. The molecule has 1 aliphatic heterocycles. The van der Waals surface area contributed by atoms with Crippen molar-refractivity contribution < 1.29 is 14.3 Å². The van der Waals surface area contributed by atoms with Crippen LogP contribution in [-0.2, 0) is 6.54 Å². The number of aryl methyl sites for hydroxylation is 1. The lowest BCUT2D eigenvalue weighted by atomic mass is 10.1. The fraction of sp³-hybridized carbons (Fsp3) is 0.375. The van der Waals surface area contributed by atoms with E-state index < -0.39 is 17.2 Å². The van der Waals surface area contributed by atoms with Crippen molar-refractivity contribution in [3.63, 3.8) is 0 Å². The summed E-state index contributed by atoms with van der Waals surface area (Å²) in [5.74, 6) is -1.79. The first kappa shape index (κ1) is 15.3. The van der Waals surface area contributed by atoms with Crippen LogP contribution >= 0.6 is 0 Å². The van der Waals surface area contributed by atoms with Crippen molar-refractivity contribution in [3.05, 3.63) is 33.9 Å². The number of aromatic nitrogens is 1. The van der Waals surface area contributed by atoms with Gasteiger partial charge in [-0.3, -0.25) is 4.79 Å². The number of benzene rings is 1. The molecule has 7 heteroatoms. The molecule has 0 bridgehead atoms. The third kappa shape index (κ3) is 2.15. The maximum absolute atomic E-state index is 15.2. The standard InChI is InChI=1S/C16H18FN3O3/c1-4-20-8-10(16(22)23)15(21)9-7-11-14(12(17)13(9)20)19(3)6-5-18(11)2/h7-8H,4-6H2,1-3H3,(H,22,23). The van der Waals surface area contributed by atoms with Crippen LogP contribution in [0.25, 0.3) is 10.9 Å². The second-order valence-corrected chi connectivity index (χ2v) is 5.76. The largest absolute Gasteiger partial charge is 0.477 e. The van der Waals surface area contributed by atoms with Crippen LogP contribution in [0.2, 0.25) is 0 Å². The van der Waals surface area contributed by atoms with Crippen molar-refractivity contribution in [3.8, 4) is 0 Å². The average Bonchev–Trinajstić information content (AvgIpc) is 2.51. The molecule has 1 aromatic heterocycles. The Morgan fingerprint density at radius 2 is 1.96 bits per heavy atom. The molecule has 122 valence electrons. The van der Waals surface area contributed by atoms with E-state index in [0.29, 0.717) is 31.0 Å². The van der Waals surface area contributed by atoms with E-state index in [1.54, 1.807) is 20.0 Å². The molecule has 0 amide bonds. The summed E-state index contributed by atoms with van der Waals surface area (Å²) in [5, 5.41) is 9.32. The number of nitrogens with zero attached hydrogens (tertiary/aromatic N) is 3. The van der Waals surface area contributed by atoms with E-state index >= 15 is 4.39 Å². The second kappa shape index (κ2) is 5.26. The maximum atomic E-state index is 15.2. The van der Waals surface area contributed by atoms with Gasteiger partial charge in [-0.1, -0.05) is 0 Å². The SMILES string of the molecule is CCn1cc(C(=O)O)c(=O)c2cc3c(c(F)c21)N(C)CCN3C. The zero-order chi connectivity index (χ0) is 16.9. The van der Waals surface area contributed by atoms with Gasteiger partial charge in [0.05, 0.1) is 22.3 Å². The van der Waals surface area contributed by atoms with Crippen molar-refractivity contribution in [1.29, 1.82) is 0 Å². The van der Waals surface area contributed by atoms with Crippen LogP contribution in [-0.4, -0.2) is 42.8 Å². The number of carboxylic acids is 1. The first-order valence-electron chi connectivity index (χ1n) is 7.42. The summed E-state index contributed by atoms with van der Waals surface area (Å²) in [7, 11) is 3.64.